The fraction of sp³-hybridized carbons (Fsp3) is 0.600. The number of rotatable bonds is 1. The Hall–Kier alpha value is -0.980. The van der Waals surface area contributed by atoms with E-state index in [0.717, 1.165) is 11.8 Å². The molecule has 1 heterocycles. The smallest absolute Gasteiger partial charge is 0.282 e. The van der Waals surface area contributed by atoms with E-state index in [-0.39, 0.29) is 5.16 Å². The lowest BCUT2D eigenvalue weighted by Crippen LogP contribution is -2.36. The normalized spacial score (nSPS) is 12.9. The number of alkyl halides is 3. The van der Waals surface area contributed by atoms with E-state index in [1.807, 2.05) is 0 Å². The maximum absolute atomic E-state index is 12.5. The first-order chi connectivity index (χ1) is 7.57. The van der Waals surface area contributed by atoms with Gasteiger partial charge >= 0.3 is 6.18 Å². The molecule has 0 fully saturated rings. The van der Waals surface area contributed by atoms with Crippen LogP contribution >= 0.6 is 11.8 Å². The molecule has 0 bridgehead atoms. The van der Waals surface area contributed by atoms with Crippen LogP contribution in [0.15, 0.2) is 16.0 Å². The van der Waals surface area contributed by atoms with Gasteiger partial charge in [-0.3, -0.25) is 9.36 Å². The molecule has 0 aliphatic heterocycles. The van der Waals surface area contributed by atoms with Crippen LogP contribution in [-0.4, -0.2) is 15.8 Å². The van der Waals surface area contributed by atoms with E-state index in [0.29, 0.717) is 6.07 Å². The minimum Gasteiger partial charge on any atom is -0.282 e. The summed E-state index contributed by atoms with van der Waals surface area (Å²) in [5, 5.41) is 0.0670. The Morgan fingerprint density at radius 2 is 1.82 bits per heavy atom. The summed E-state index contributed by atoms with van der Waals surface area (Å²) in [6.45, 7) is 5.22. The molecular formula is C10H13F3N2OS. The third-order valence-corrected chi connectivity index (χ3v) is 2.67. The van der Waals surface area contributed by atoms with E-state index < -0.39 is 23.0 Å². The molecule has 3 nitrogen and oxygen atoms in total. The van der Waals surface area contributed by atoms with Crippen LogP contribution in [0.3, 0.4) is 0 Å². The Balaban J connectivity index is 3.54. The van der Waals surface area contributed by atoms with Crippen LogP contribution in [0.1, 0.15) is 26.5 Å². The predicted molar refractivity (Wildman–Crippen MR) is 60.3 cm³/mol. The summed E-state index contributed by atoms with van der Waals surface area (Å²) in [6.07, 6.45) is -3.01. The molecule has 0 saturated heterocycles. The van der Waals surface area contributed by atoms with Crippen molar-refractivity contribution in [1.82, 2.24) is 9.55 Å². The first-order valence-electron chi connectivity index (χ1n) is 4.83. The third kappa shape index (κ3) is 3.02. The van der Waals surface area contributed by atoms with Gasteiger partial charge in [-0.25, -0.2) is 4.98 Å². The zero-order valence-electron chi connectivity index (χ0n) is 9.92. The number of nitrogens with zero attached hydrogens (tertiary/aromatic N) is 2. The van der Waals surface area contributed by atoms with E-state index in [1.54, 1.807) is 27.0 Å². The maximum Gasteiger partial charge on any atom is 0.433 e. The SMILES string of the molecule is CSc1nc(C(F)(F)F)cc(=O)n1C(C)(C)C. The Kier molecular flexibility index (Phi) is 3.61. The Labute approximate surface area is 101 Å². The van der Waals surface area contributed by atoms with Gasteiger partial charge in [0.15, 0.2) is 10.9 Å². The number of hydrogen-bond donors (Lipinski definition) is 0. The van der Waals surface area contributed by atoms with E-state index in [9.17, 15) is 18.0 Å². The standard InChI is InChI=1S/C10H13F3N2OS/c1-9(2,3)15-7(16)5-6(10(11,12)13)14-8(15)17-4/h5H,1-4H3. The summed E-state index contributed by atoms with van der Waals surface area (Å²) in [7, 11) is 0. The lowest BCUT2D eigenvalue weighted by molar-refractivity contribution is -0.142. The van der Waals surface area contributed by atoms with Gasteiger partial charge in [-0.05, 0) is 27.0 Å². The van der Waals surface area contributed by atoms with Crippen molar-refractivity contribution >= 4 is 11.8 Å². The van der Waals surface area contributed by atoms with Gasteiger partial charge in [0.25, 0.3) is 5.56 Å². The summed E-state index contributed by atoms with van der Waals surface area (Å²) >= 11 is 1.02. The third-order valence-electron chi connectivity index (χ3n) is 2.03. The molecule has 0 amide bonds. The van der Waals surface area contributed by atoms with Gasteiger partial charge in [-0.15, -0.1) is 0 Å². The molecule has 0 aromatic carbocycles. The number of halogens is 3. The molecular weight excluding hydrogens is 253 g/mol. The first-order valence-corrected chi connectivity index (χ1v) is 6.05. The average molecular weight is 266 g/mol. The van der Waals surface area contributed by atoms with Crippen LogP contribution in [0.4, 0.5) is 13.2 Å². The van der Waals surface area contributed by atoms with Crippen LogP contribution in [0.5, 0.6) is 0 Å². The molecule has 1 aromatic heterocycles. The fourth-order valence-electron chi connectivity index (χ4n) is 1.36. The summed E-state index contributed by atoms with van der Waals surface area (Å²) in [5.74, 6) is 0. The number of hydrogen-bond acceptors (Lipinski definition) is 3. The zero-order chi connectivity index (χ0) is 13.4. The second-order valence-electron chi connectivity index (χ2n) is 4.47. The highest BCUT2D eigenvalue weighted by molar-refractivity contribution is 7.98. The highest BCUT2D eigenvalue weighted by Gasteiger charge is 2.35. The van der Waals surface area contributed by atoms with Crippen LogP contribution < -0.4 is 5.56 Å². The summed E-state index contributed by atoms with van der Waals surface area (Å²) < 4.78 is 38.7. The highest BCUT2D eigenvalue weighted by atomic mass is 32.2. The molecule has 1 rings (SSSR count). The summed E-state index contributed by atoms with van der Waals surface area (Å²) in [5.41, 5.74) is -2.44. The van der Waals surface area contributed by atoms with Crippen molar-refractivity contribution in [2.45, 2.75) is 37.6 Å². The van der Waals surface area contributed by atoms with Crippen molar-refractivity contribution < 1.29 is 13.2 Å². The van der Waals surface area contributed by atoms with Gasteiger partial charge in [0.05, 0.1) is 0 Å². The van der Waals surface area contributed by atoms with E-state index >= 15 is 0 Å². The second-order valence-corrected chi connectivity index (χ2v) is 5.24. The lowest BCUT2D eigenvalue weighted by Gasteiger charge is -2.25. The maximum atomic E-state index is 12.5. The summed E-state index contributed by atoms with van der Waals surface area (Å²) in [6, 6.07) is 0.533. The molecule has 0 spiro atoms. The molecule has 0 N–H and O–H groups in total. The monoisotopic (exact) mass is 266 g/mol. The van der Waals surface area contributed by atoms with Crippen molar-refractivity contribution in [3.8, 4) is 0 Å². The van der Waals surface area contributed by atoms with Gasteiger partial charge in [0.1, 0.15) is 0 Å². The lowest BCUT2D eigenvalue weighted by atomic mass is 10.1. The molecule has 0 unspecified atom stereocenters. The van der Waals surface area contributed by atoms with Crippen molar-refractivity contribution in [1.29, 1.82) is 0 Å². The second kappa shape index (κ2) is 4.36. The van der Waals surface area contributed by atoms with Crippen molar-refractivity contribution in [3.63, 3.8) is 0 Å². The molecule has 0 aliphatic carbocycles. The Morgan fingerprint density at radius 1 is 1.29 bits per heavy atom. The number of aromatic nitrogens is 2. The first kappa shape index (κ1) is 14.1. The molecule has 17 heavy (non-hydrogen) atoms. The Morgan fingerprint density at radius 3 is 2.18 bits per heavy atom. The molecule has 7 heteroatoms. The minimum absolute atomic E-state index is 0.0670. The van der Waals surface area contributed by atoms with Crippen LogP contribution in [-0.2, 0) is 11.7 Å². The minimum atomic E-state index is -4.60. The molecule has 0 aliphatic rings. The quantitative estimate of drug-likeness (QED) is 0.579. The largest absolute Gasteiger partial charge is 0.433 e. The van der Waals surface area contributed by atoms with E-state index in [4.69, 9.17) is 0 Å². The van der Waals surface area contributed by atoms with Crippen LogP contribution in [0.25, 0.3) is 0 Å². The van der Waals surface area contributed by atoms with Crippen molar-refractivity contribution in [3.05, 3.63) is 22.1 Å². The van der Waals surface area contributed by atoms with E-state index in [2.05, 4.69) is 4.98 Å². The van der Waals surface area contributed by atoms with Crippen molar-refractivity contribution in [2.24, 2.45) is 0 Å². The van der Waals surface area contributed by atoms with Gasteiger partial charge in [-0.1, -0.05) is 11.8 Å². The Bertz CT molecular complexity index is 474. The predicted octanol–water partition coefficient (Wildman–Crippen LogP) is 2.74. The molecule has 96 valence electrons. The molecule has 1 aromatic rings. The van der Waals surface area contributed by atoms with Gasteiger partial charge in [0, 0.05) is 11.6 Å². The fourth-order valence-corrected chi connectivity index (χ4v) is 2.10. The molecule has 0 saturated carbocycles. The average Bonchev–Trinajstić information content (AvgIpc) is 2.12. The highest BCUT2D eigenvalue weighted by Crippen LogP contribution is 2.29. The van der Waals surface area contributed by atoms with E-state index in [1.165, 1.54) is 4.57 Å². The topological polar surface area (TPSA) is 34.9 Å². The van der Waals surface area contributed by atoms with Crippen molar-refractivity contribution in [2.75, 3.05) is 6.26 Å². The summed E-state index contributed by atoms with van der Waals surface area (Å²) in [4.78, 5) is 15.2. The number of thioether (sulfide) groups is 1. The van der Waals surface area contributed by atoms with Gasteiger partial charge in [-0.2, -0.15) is 13.2 Å². The zero-order valence-corrected chi connectivity index (χ0v) is 10.7. The van der Waals surface area contributed by atoms with Crippen LogP contribution in [0, 0.1) is 0 Å². The molecule has 0 radical (unpaired) electrons. The van der Waals surface area contributed by atoms with Crippen LogP contribution in [0.2, 0.25) is 0 Å². The molecule has 0 atom stereocenters. The van der Waals surface area contributed by atoms with Gasteiger partial charge in [0.2, 0.25) is 0 Å². The van der Waals surface area contributed by atoms with Gasteiger partial charge < -0.3 is 0 Å².